The van der Waals surface area contributed by atoms with E-state index < -0.39 is 0 Å². The number of amides is 1. The van der Waals surface area contributed by atoms with Gasteiger partial charge in [-0.15, -0.1) is 0 Å². The van der Waals surface area contributed by atoms with Crippen molar-refractivity contribution in [3.63, 3.8) is 0 Å². The maximum Gasteiger partial charge on any atom is 0.270 e. The van der Waals surface area contributed by atoms with Crippen LogP contribution in [0.5, 0.6) is 0 Å². The van der Waals surface area contributed by atoms with Crippen molar-refractivity contribution in [1.29, 1.82) is 0 Å². The second-order valence-electron chi connectivity index (χ2n) is 5.89. The summed E-state index contributed by atoms with van der Waals surface area (Å²) in [6.45, 7) is 5.54. The predicted octanol–water partition coefficient (Wildman–Crippen LogP) is 1.94. The van der Waals surface area contributed by atoms with Crippen molar-refractivity contribution in [3.8, 4) is 0 Å². The molecule has 0 saturated heterocycles. The number of likely N-dealkylation sites (N-methyl/N-ethyl adjacent to an activating group) is 1. The Bertz CT molecular complexity index is 630. The van der Waals surface area contributed by atoms with Gasteiger partial charge in [-0.1, -0.05) is 13.8 Å². The monoisotopic (exact) mass is 313 g/mol. The number of hydrogen-bond acceptors (Lipinski definition) is 5. The molecule has 1 amide bonds. The molecule has 1 N–H and O–H groups in total. The van der Waals surface area contributed by atoms with E-state index in [1.165, 1.54) is 11.9 Å². The summed E-state index contributed by atoms with van der Waals surface area (Å²) in [7, 11) is 1.96. The van der Waals surface area contributed by atoms with Crippen LogP contribution in [0.15, 0.2) is 36.9 Å². The van der Waals surface area contributed by atoms with Crippen LogP contribution in [0.4, 0.5) is 5.82 Å². The highest BCUT2D eigenvalue weighted by molar-refractivity contribution is 5.92. The highest BCUT2D eigenvalue weighted by Crippen LogP contribution is 2.10. The second-order valence-corrected chi connectivity index (χ2v) is 5.89. The molecule has 2 aromatic heterocycles. The molecule has 2 heterocycles. The Morgan fingerprint density at radius 2 is 2.00 bits per heavy atom. The molecule has 0 unspecified atom stereocenters. The Kier molecular flexibility index (Phi) is 6.02. The Labute approximate surface area is 137 Å². The van der Waals surface area contributed by atoms with Crippen molar-refractivity contribution in [1.82, 2.24) is 20.3 Å². The average molecular weight is 313 g/mol. The molecule has 0 fully saturated rings. The number of nitrogens with zero attached hydrogens (tertiary/aromatic N) is 4. The van der Waals surface area contributed by atoms with E-state index in [0.717, 1.165) is 18.8 Å². The van der Waals surface area contributed by atoms with Crippen LogP contribution in [-0.2, 0) is 6.42 Å². The molecule has 0 bridgehead atoms. The summed E-state index contributed by atoms with van der Waals surface area (Å²) in [6, 6.07) is 5.72. The van der Waals surface area contributed by atoms with Crippen LogP contribution in [0.2, 0.25) is 0 Å². The van der Waals surface area contributed by atoms with Crippen LogP contribution in [0.3, 0.4) is 0 Å². The number of aromatic nitrogens is 3. The molecule has 0 aromatic carbocycles. The molecule has 122 valence electrons. The lowest BCUT2D eigenvalue weighted by Gasteiger charge is -2.18. The number of rotatable bonds is 7. The quantitative estimate of drug-likeness (QED) is 0.846. The lowest BCUT2D eigenvalue weighted by molar-refractivity contribution is 0.0944. The zero-order valence-electron chi connectivity index (χ0n) is 13.9. The Balaban J connectivity index is 1.96. The zero-order chi connectivity index (χ0) is 16.7. The normalized spacial score (nSPS) is 10.6. The largest absolute Gasteiger partial charge is 0.359 e. The van der Waals surface area contributed by atoms with Crippen molar-refractivity contribution in [2.24, 2.45) is 5.92 Å². The summed E-state index contributed by atoms with van der Waals surface area (Å²) in [6.07, 6.45) is 5.90. The topological polar surface area (TPSA) is 71.0 Å². The number of pyridine rings is 1. The van der Waals surface area contributed by atoms with Crippen LogP contribution in [0.1, 0.15) is 29.9 Å². The van der Waals surface area contributed by atoms with E-state index in [1.54, 1.807) is 18.5 Å². The molecule has 0 spiro atoms. The zero-order valence-corrected chi connectivity index (χ0v) is 13.9. The SMILES string of the molecule is CC(C)CNC(=O)c1cc(N(C)CCc2ccncc2)ncn1. The van der Waals surface area contributed by atoms with E-state index in [0.29, 0.717) is 18.2 Å². The van der Waals surface area contributed by atoms with Crippen molar-refractivity contribution >= 4 is 11.7 Å². The fourth-order valence-electron chi connectivity index (χ4n) is 2.03. The van der Waals surface area contributed by atoms with Crippen molar-refractivity contribution in [2.45, 2.75) is 20.3 Å². The molecule has 2 rings (SSSR count). The molecule has 0 aliphatic carbocycles. The molecule has 2 aromatic rings. The fraction of sp³-hybridized carbons (Fsp3) is 0.412. The van der Waals surface area contributed by atoms with Gasteiger partial charge in [-0.2, -0.15) is 0 Å². The molecule has 6 nitrogen and oxygen atoms in total. The Morgan fingerprint density at radius 3 is 2.70 bits per heavy atom. The van der Waals surface area contributed by atoms with E-state index in [-0.39, 0.29) is 5.91 Å². The minimum atomic E-state index is -0.162. The Hall–Kier alpha value is -2.50. The number of anilines is 1. The summed E-state index contributed by atoms with van der Waals surface area (Å²) in [5.41, 5.74) is 1.61. The van der Waals surface area contributed by atoms with Crippen molar-refractivity contribution < 1.29 is 4.79 Å². The first-order valence-corrected chi connectivity index (χ1v) is 7.76. The van der Waals surface area contributed by atoms with E-state index in [9.17, 15) is 4.79 Å². The number of hydrogen-bond donors (Lipinski definition) is 1. The minimum Gasteiger partial charge on any atom is -0.359 e. The molecule has 0 atom stereocenters. The lowest BCUT2D eigenvalue weighted by Crippen LogP contribution is -2.29. The third-order valence-electron chi connectivity index (χ3n) is 3.43. The van der Waals surface area contributed by atoms with Gasteiger partial charge < -0.3 is 10.2 Å². The van der Waals surface area contributed by atoms with Gasteiger partial charge in [-0.3, -0.25) is 9.78 Å². The average Bonchev–Trinajstić information content (AvgIpc) is 2.58. The van der Waals surface area contributed by atoms with Gasteiger partial charge in [0.25, 0.3) is 5.91 Å². The first-order chi connectivity index (χ1) is 11.1. The second kappa shape index (κ2) is 8.22. The van der Waals surface area contributed by atoms with E-state index >= 15 is 0 Å². The number of carbonyl (C=O) groups is 1. The van der Waals surface area contributed by atoms with Crippen molar-refractivity contribution in [2.75, 3.05) is 25.0 Å². The van der Waals surface area contributed by atoms with E-state index in [1.807, 2.05) is 24.1 Å². The summed E-state index contributed by atoms with van der Waals surface area (Å²) in [5, 5.41) is 2.87. The molecular weight excluding hydrogens is 290 g/mol. The summed E-state index contributed by atoms with van der Waals surface area (Å²) in [5.74, 6) is 0.983. The third-order valence-corrected chi connectivity index (χ3v) is 3.43. The highest BCUT2D eigenvalue weighted by atomic mass is 16.1. The van der Waals surface area contributed by atoms with E-state index in [2.05, 4.69) is 34.1 Å². The molecule has 0 aliphatic rings. The maximum absolute atomic E-state index is 12.1. The highest BCUT2D eigenvalue weighted by Gasteiger charge is 2.11. The van der Waals surface area contributed by atoms with Gasteiger partial charge in [0.2, 0.25) is 0 Å². The third kappa shape index (κ3) is 5.32. The summed E-state index contributed by atoms with van der Waals surface area (Å²) in [4.78, 5) is 26.4. The minimum absolute atomic E-state index is 0.162. The van der Waals surface area contributed by atoms with Crippen LogP contribution in [-0.4, -0.2) is 41.0 Å². The molecule has 0 saturated carbocycles. The van der Waals surface area contributed by atoms with Crippen LogP contribution >= 0.6 is 0 Å². The molecule has 23 heavy (non-hydrogen) atoms. The smallest absolute Gasteiger partial charge is 0.270 e. The van der Waals surface area contributed by atoms with Gasteiger partial charge in [0, 0.05) is 38.6 Å². The number of carbonyl (C=O) groups excluding carboxylic acids is 1. The van der Waals surface area contributed by atoms with Gasteiger partial charge in [0.05, 0.1) is 0 Å². The van der Waals surface area contributed by atoms with Crippen LogP contribution < -0.4 is 10.2 Å². The van der Waals surface area contributed by atoms with Crippen LogP contribution in [0.25, 0.3) is 0 Å². The first-order valence-electron chi connectivity index (χ1n) is 7.76. The molecule has 6 heteroatoms. The maximum atomic E-state index is 12.1. The van der Waals surface area contributed by atoms with Crippen molar-refractivity contribution in [3.05, 3.63) is 48.2 Å². The number of nitrogens with one attached hydrogen (secondary N) is 1. The molecular formula is C17H23N5O. The van der Waals surface area contributed by atoms with Gasteiger partial charge in [-0.25, -0.2) is 9.97 Å². The lowest BCUT2D eigenvalue weighted by atomic mass is 10.2. The Morgan fingerprint density at radius 1 is 1.26 bits per heavy atom. The molecule has 0 aliphatic heterocycles. The molecule has 0 radical (unpaired) electrons. The van der Waals surface area contributed by atoms with Gasteiger partial charge in [-0.05, 0) is 30.0 Å². The standard InChI is InChI=1S/C17H23N5O/c1-13(2)11-19-17(23)15-10-16(21-12-20-15)22(3)9-6-14-4-7-18-8-5-14/h4-5,7-8,10,12-13H,6,9,11H2,1-3H3,(H,19,23). The summed E-state index contributed by atoms with van der Waals surface area (Å²) >= 11 is 0. The van der Waals surface area contributed by atoms with Gasteiger partial charge in [0.1, 0.15) is 17.8 Å². The first kappa shape index (κ1) is 16.9. The predicted molar refractivity (Wildman–Crippen MR) is 90.4 cm³/mol. The van der Waals surface area contributed by atoms with Gasteiger partial charge >= 0.3 is 0 Å². The fourth-order valence-corrected chi connectivity index (χ4v) is 2.03. The summed E-state index contributed by atoms with van der Waals surface area (Å²) < 4.78 is 0. The van der Waals surface area contributed by atoms with Crippen LogP contribution in [0, 0.1) is 5.92 Å². The van der Waals surface area contributed by atoms with E-state index in [4.69, 9.17) is 0 Å². The van der Waals surface area contributed by atoms with Gasteiger partial charge in [0.15, 0.2) is 0 Å².